The van der Waals surface area contributed by atoms with Gasteiger partial charge in [-0.15, -0.1) is 0 Å². The quantitative estimate of drug-likeness (QED) is 0.483. The maximum atomic E-state index is 13.5. The summed E-state index contributed by atoms with van der Waals surface area (Å²) in [6.07, 6.45) is 3.37. The van der Waals surface area contributed by atoms with Crippen LogP contribution in [0.15, 0.2) is 84.5 Å². The van der Waals surface area contributed by atoms with Crippen molar-refractivity contribution in [2.75, 3.05) is 0 Å². The summed E-state index contributed by atoms with van der Waals surface area (Å²) in [7, 11) is -4.02. The molecule has 0 saturated carbocycles. The van der Waals surface area contributed by atoms with Gasteiger partial charge in [-0.1, -0.05) is 6.07 Å². The van der Waals surface area contributed by atoms with E-state index < -0.39 is 21.8 Å². The molecule has 0 amide bonds. The number of nitrogens with zero attached hydrogens (tertiary/aromatic N) is 4. The number of hydrogen-bond donors (Lipinski definition) is 0. The maximum absolute atomic E-state index is 13.5. The molecule has 152 valence electrons. The normalized spacial score (nSPS) is 12.1. The number of halogens is 3. The minimum Gasteiger partial charge on any atom is -0.264 e. The number of rotatable bonds is 4. The zero-order chi connectivity index (χ0) is 21.4. The third-order valence-electron chi connectivity index (χ3n) is 4.33. The van der Waals surface area contributed by atoms with Crippen LogP contribution < -0.4 is 0 Å². The Morgan fingerprint density at radius 2 is 1.47 bits per heavy atom. The van der Waals surface area contributed by atoms with E-state index in [9.17, 15) is 21.6 Å². The lowest BCUT2D eigenvalue weighted by Gasteiger charge is -2.12. The molecule has 0 saturated heterocycles. The molecule has 4 rings (SSSR count). The van der Waals surface area contributed by atoms with Gasteiger partial charge in [-0.05, 0) is 47.5 Å². The van der Waals surface area contributed by atoms with Crippen LogP contribution in [0.1, 0.15) is 5.56 Å². The zero-order valence-electron chi connectivity index (χ0n) is 15.2. The lowest BCUT2D eigenvalue weighted by molar-refractivity contribution is -0.137. The van der Waals surface area contributed by atoms with Gasteiger partial charge in [0.2, 0.25) is 0 Å². The lowest BCUT2D eigenvalue weighted by Crippen LogP contribution is -2.13. The summed E-state index contributed by atoms with van der Waals surface area (Å²) in [6, 6.07) is 9.59. The molecule has 3 heterocycles. The molecule has 0 fully saturated rings. The van der Waals surface area contributed by atoms with Crippen molar-refractivity contribution in [2.45, 2.75) is 11.1 Å². The Kier molecular flexibility index (Phi) is 4.86. The average Bonchev–Trinajstić information content (AvgIpc) is 3.25. The Balaban J connectivity index is 1.82. The van der Waals surface area contributed by atoms with Gasteiger partial charge in [0.1, 0.15) is 4.90 Å². The van der Waals surface area contributed by atoms with E-state index in [1.807, 2.05) is 0 Å². The molecule has 0 aliphatic carbocycles. The standard InChI is InChI=1S/C20H13F3N4O2S/c21-20(22,23)18-8-15(14-3-1-5-24-10-14)7-16(9-18)17-11-26-27(13-17)30(28,29)19-4-2-6-25-12-19/h1-13H. The largest absolute Gasteiger partial charge is 0.416 e. The van der Waals surface area contributed by atoms with Crippen molar-refractivity contribution in [1.29, 1.82) is 0 Å². The van der Waals surface area contributed by atoms with E-state index in [4.69, 9.17) is 0 Å². The molecule has 4 aromatic rings. The minimum absolute atomic E-state index is 0.0836. The molecule has 0 N–H and O–H groups in total. The van der Waals surface area contributed by atoms with E-state index >= 15 is 0 Å². The Morgan fingerprint density at radius 3 is 2.07 bits per heavy atom. The predicted molar refractivity (Wildman–Crippen MR) is 103 cm³/mol. The fourth-order valence-electron chi connectivity index (χ4n) is 2.85. The van der Waals surface area contributed by atoms with Crippen LogP contribution in [0, 0.1) is 0 Å². The summed E-state index contributed by atoms with van der Waals surface area (Å²) in [5.41, 5.74) is 0.341. The third-order valence-corrected chi connectivity index (χ3v) is 5.86. The van der Waals surface area contributed by atoms with Crippen LogP contribution in [0.5, 0.6) is 0 Å². The second-order valence-electron chi connectivity index (χ2n) is 6.33. The van der Waals surface area contributed by atoms with Gasteiger partial charge < -0.3 is 0 Å². The van der Waals surface area contributed by atoms with Gasteiger partial charge in [-0.25, -0.2) is 0 Å². The Morgan fingerprint density at radius 1 is 0.800 bits per heavy atom. The Labute approximate surface area is 169 Å². The van der Waals surface area contributed by atoms with E-state index in [2.05, 4.69) is 15.1 Å². The summed E-state index contributed by atoms with van der Waals surface area (Å²) < 4.78 is 66.4. The van der Waals surface area contributed by atoms with E-state index in [0.29, 0.717) is 15.2 Å². The van der Waals surface area contributed by atoms with Crippen molar-refractivity contribution in [3.63, 3.8) is 0 Å². The molecule has 0 bridgehead atoms. The fraction of sp³-hybridized carbons (Fsp3) is 0.0500. The van der Waals surface area contributed by atoms with Crippen molar-refractivity contribution in [3.8, 4) is 22.3 Å². The molecular formula is C20H13F3N4O2S. The molecule has 0 aliphatic heterocycles. The number of alkyl halides is 3. The molecule has 0 spiro atoms. The van der Waals surface area contributed by atoms with Gasteiger partial charge in [0, 0.05) is 35.9 Å². The molecule has 0 unspecified atom stereocenters. The van der Waals surface area contributed by atoms with Gasteiger partial charge in [0.15, 0.2) is 0 Å². The van der Waals surface area contributed by atoms with Gasteiger partial charge >= 0.3 is 6.18 Å². The van der Waals surface area contributed by atoms with E-state index in [1.54, 1.807) is 12.1 Å². The summed E-state index contributed by atoms with van der Waals surface area (Å²) in [5.74, 6) is 0. The summed E-state index contributed by atoms with van der Waals surface area (Å²) >= 11 is 0. The smallest absolute Gasteiger partial charge is 0.264 e. The van der Waals surface area contributed by atoms with Crippen molar-refractivity contribution < 1.29 is 21.6 Å². The first-order chi connectivity index (χ1) is 14.2. The van der Waals surface area contributed by atoms with Crippen LogP contribution in [-0.2, 0) is 16.2 Å². The molecule has 3 aromatic heterocycles. The van der Waals surface area contributed by atoms with Crippen LogP contribution in [0.2, 0.25) is 0 Å². The topological polar surface area (TPSA) is 77.7 Å². The fourth-order valence-corrected chi connectivity index (χ4v) is 3.94. The Bertz CT molecular complexity index is 1290. The van der Waals surface area contributed by atoms with Crippen LogP contribution in [0.4, 0.5) is 13.2 Å². The highest BCUT2D eigenvalue weighted by Crippen LogP contribution is 2.36. The minimum atomic E-state index is -4.58. The van der Waals surface area contributed by atoms with Gasteiger partial charge in [-0.2, -0.15) is 30.8 Å². The summed E-state index contributed by atoms with van der Waals surface area (Å²) in [4.78, 5) is 7.63. The van der Waals surface area contributed by atoms with Crippen LogP contribution in [0.25, 0.3) is 22.3 Å². The highest BCUT2D eigenvalue weighted by Gasteiger charge is 2.31. The number of pyridine rings is 2. The second-order valence-corrected chi connectivity index (χ2v) is 8.13. The van der Waals surface area contributed by atoms with Gasteiger partial charge in [0.25, 0.3) is 10.0 Å². The highest BCUT2D eigenvalue weighted by atomic mass is 32.2. The molecule has 0 atom stereocenters. The van der Waals surface area contributed by atoms with E-state index in [1.165, 1.54) is 55.4 Å². The summed E-state index contributed by atoms with van der Waals surface area (Å²) in [5, 5.41) is 3.84. The maximum Gasteiger partial charge on any atom is 0.416 e. The molecule has 6 nitrogen and oxygen atoms in total. The van der Waals surface area contributed by atoms with Crippen LogP contribution >= 0.6 is 0 Å². The van der Waals surface area contributed by atoms with Crippen LogP contribution in [0.3, 0.4) is 0 Å². The molecule has 0 aliphatic rings. The SMILES string of the molecule is O=S(=O)(c1cccnc1)n1cc(-c2cc(-c3cccnc3)cc(C(F)(F)F)c2)cn1. The average molecular weight is 430 g/mol. The predicted octanol–water partition coefficient (Wildman–Crippen LogP) is 4.26. The number of hydrogen-bond acceptors (Lipinski definition) is 5. The number of benzene rings is 1. The number of aromatic nitrogens is 4. The molecule has 1 aromatic carbocycles. The first-order valence-corrected chi connectivity index (χ1v) is 10.0. The van der Waals surface area contributed by atoms with E-state index in [-0.39, 0.29) is 16.0 Å². The van der Waals surface area contributed by atoms with Gasteiger partial charge in [-0.3, -0.25) is 9.97 Å². The summed E-state index contributed by atoms with van der Waals surface area (Å²) in [6.45, 7) is 0. The second kappa shape index (κ2) is 7.38. The van der Waals surface area contributed by atoms with Crippen LogP contribution in [-0.4, -0.2) is 27.6 Å². The van der Waals surface area contributed by atoms with Gasteiger partial charge in [0.05, 0.1) is 18.0 Å². The molecule has 10 heteroatoms. The first kappa shape index (κ1) is 19.8. The van der Waals surface area contributed by atoms with Crippen molar-refractivity contribution in [2.24, 2.45) is 0 Å². The van der Waals surface area contributed by atoms with Crippen molar-refractivity contribution in [1.82, 2.24) is 19.2 Å². The van der Waals surface area contributed by atoms with E-state index in [0.717, 1.165) is 12.1 Å². The third kappa shape index (κ3) is 3.81. The molecular weight excluding hydrogens is 417 g/mol. The monoisotopic (exact) mass is 430 g/mol. The highest BCUT2D eigenvalue weighted by molar-refractivity contribution is 7.89. The molecule has 30 heavy (non-hydrogen) atoms. The Hall–Kier alpha value is -3.53. The zero-order valence-corrected chi connectivity index (χ0v) is 16.0. The lowest BCUT2D eigenvalue weighted by atomic mass is 9.98. The first-order valence-electron chi connectivity index (χ1n) is 8.58. The molecule has 0 radical (unpaired) electrons. The van der Waals surface area contributed by atoms with Crippen molar-refractivity contribution >= 4 is 10.0 Å². The van der Waals surface area contributed by atoms with Crippen molar-refractivity contribution in [3.05, 3.63) is 85.2 Å².